The zero-order valence-corrected chi connectivity index (χ0v) is 17.4. The third-order valence-corrected chi connectivity index (χ3v) is 6.63. The summed E-state index contributed by atoms with van der Waals surface area (Å²) in [7, 11) is 0. The number of ether oxygens (including phenoxy) is 1. The number of pyridine rings is 1. The van der Waals surface area contributed by atoms with Gasteiger partial charge in [0.25, 0.3) is 0 Å². The first-order chi connectivity index (χ1) is 14.7. The van der Waals surface area contributed by atoms with E-state index in [1.54, 1.807) is 11.3 Å². The maximum atomic E-state index is 9.63. The van der Waals surface area contributed by atoms with Gasteiger partial charge < -0.3 is 19.8 Å². The van der Waals surface area contributed by atoms with Crippen LogP contribution in [0.15, 0.2) is 36.4 Å². The lowest BCUT2D eigenvalue weighted by atomic mass is 10.1. The number of hydrogen-bond acceptors (Lipinski definition) is 8. The summed E-state index contributed by atoms with van der Waals surface area (Å²) in [5.41, 5.74) is 3.07. The van der Waals surface area contributed by atoms with Crippen molar-refractivity contribution in [3.8, 4) is 5.88 Å². The Labute approximate surface area is 178 Å². The first kappa shape index (κ1) is 19.4. The molecule has 0 amide bonds. The molecule has 1 fully saturated rings. The maximum absolute atomic E-state index is 9.63. The van der Waals surface area contributed by atoms with E-state index in [1.807, 2.05) is 24.3 Å². The number of para-hydroxylation sites is 1. The molecule has 2 aromatic heterocycles. The van der Waals surface area contributed by atoms with Gasteiger partial charge in [0.15, 0.2) is 0 Å². The van der Waals surface area contributed by atoms with Crippen LogP contribution in [0.5, 0.6) is 5.88 Å². The van der Waals surface area contributed by atoms with Crippen LogP contribution in [-0.4, -0.2) is 77.1 Å². The highest BCUT2D eigenvalue weighted by atomic mass is 32.1. The van der Waals surface area contributed by atoms with E-state index >= 15 is 0 Å². The number of aliphatic hydroxyl groups is 2. The average Bonchev–Trinajstić information content (AvgIpc) is 3.23. The first-order valence-electron chi connectivity index (χ1n) is 10.2. The van der Waals surface area contributed by atoms with Crippen molar-refractivity contribution in [1.82, 2.24) is 14.9 Å². The van der Waals surface area contributed by atoms with E-state index in [-0.39, 0.29) is 6.61 Å². The summed E-state index contributed by atoms with van der Waals surface area (Å²) in [5.74, 6) is 1.57. The van der Waals surface area contributed by atoms with E-state index in [0.717, 1.165) is 53.7 Å². The predicted octanol–water partition coefficient (Wildman–Crippen LogP) is 2.10. The molecule has 0 radical (unpaired) electrons. The Morgan fingerprint density at radius 2 is 1.90 bits per heavy atom. The summed E-state index contributed by atoms with van der Waals surface area (Å²) in [5, 5.41) is 19.6. The molecule has 4 heterocycles. The molecule has 30 heavy (non-hydrogen) atoms. The number of rotatable bonds is 5. The number of thiazole rings is 1. The number of anilines is 1. The van der Waals surface area contributed by atoms with Crippen LogP contribution in [-0.2, 0) is 0 Å². The van der Waals surface area contributed by atoms with Crippen LogP contribution >= 0.6 is 11.3 Å². The highest BCUT2D eigenvalue weighted by molar-refractivity contribution is 7.19. The number of β-amino-alcohol motifs (C(OH)–C–C–N with tert-alkyl or cyclic N) is 1. The molecule has 3 aromatic rings. The van der Waals surface area contributed by atoms with E-state index in [0.29, 0.717) is 19.0 Å². The highest BCUT2D eigenvalue weighted by Crippen LogP contribution is 2.34. The number of benzene rings is 1. The SMILES string of the molecule is OCC(O)CN1CCN(c2ccc3c(n2)OCC(c2nc4ccccc4s2)=C3)CC1. The lowest BCUT2D eigenvalue weighted by Gasteiger charge is -2.36. The zero-order valence-electron chi connectivity index (χ0n) is 16.6. The fourth-order valence-corrected chi connectivity index (χ4v) is 4.83. The van der Waals surface area contributed by atoms with E-state index in [4.69, 9.17) is 19.8 Å². The highest BCUT2D eigenvalue weighted by Gasteiger charge is 2.22. The number of fused-ring (bicyclic) bond motifs is 2. The van der Waals surface area contributed by atoms with Crippen molar-refractivity contribution in [2.45, 2.75) is 6.10 Å². The summed E-state index contributed by atoms with van der Waals surface area (Å²) >= 11 is 1.68. The van der Waals surface area contributed by atoms with E-state index in [2.05, 4.69) is 28.0 Å². The summed E-state index contributed by atoms with van der Waals surface area (Å²) in [4.78, 5) is 13.9. The molecule has 0 spiro atoms. The Morgan fingerprint density at radius 3 is 2.70 bits per heavy atom. The van der Waals surface area contributed by atoms with Crippen molar-refractivity contribution in [2.24, 2.45) is 0 Å². The number of nitrogens with zero attached hydrogens (tertiary/aromatic N) is 4. The number of aliphatic hydroxyl groups excluding tert-OH is 2. The second-order valence-corrected chi connectivity index (χ2v) is 8.66. The van der Waals surface area contributed by atoms with Gasteiger partial charge in [-0.15, -0.1) is 11.3 Å². The first-order valence-corrected chi connectivity index (χ1v) is 11.0. The van der Waals surface area contributed by atoms with Crippen molar-refractivity contribution < 1.29 is 14.9 Å². The Hall–Kier alpha value is -2.52. The van der Waals surface area contributed by atoms with Gasteiger partial charge in [0.1, 0.15) is 17.4 Å². The quantitative estimate of drug-likeness (QED) is 0.649. The standard InChI is InChI=1S/C22H24N4O3S/c27-13-17(28)12-25-7-9-26(10-8-25)20-6-5-15-11-16(14-29-21(15)24-20)22-23-18-3-1-2-4-19(18)30-22/h1-6,11,17,27-28H,7-10,12-14H2. The van der Waals surface area contributed by atoms with Gasteiger partial charge in [0.2, 0.25) is 5.88 Å². The molecule has 2 N–H and O–H groups in total. The van der Waals surface area contributed by atoms with Gasteiger partial charge in [-0.05, 0) is 30.3 Å². The monoisotopic (exact) mass is 424 g/mol. The minimum Gasteiger partial charge on any atom is -0.472 e. The average molecular weight is 425 g/mol. The molecule has 1 aromatic carbocycles. The molecule has 0 aliphatic carbocycles. The molecule has 2 aliphatic heterocycles. The van der Waals surface area contributed by atoms with Crippen LogP contribution in [0.2, 0.25) is 0 Å². The molecule has 5 rings (SSSR count). The zero-order chi connectivity index (χ0) is 20.5. The van der Waals surface area contributed by atoms with Crippen LogP contribution in [0, 0.1) is 0 Å². The second-order valence-electron chi connectivity index (χ2n) is 7.63. The fourth-order valence-electron chi connectivity index (χ4n) is 3.87. The topological polar surface area (TPSA) is 82.0 Å². The molecular formula is C22H24N4O3S. The Bertz CT molecular complexity index is 1040. The van der Waals surface area contributed by atoms with Gasteiger partial charge in [-0.3, -0.25) is 4.90 Å². The molecule has 2 aliphatic rings. The summed E-state index contributed by atoms with van der Waals surface area (Å²) < 4.78 is 7.17. The third kappa shape index (κ3) is 3.91. The molecular weight excluding hydrogens is 400 g/mol. The Balaban J connectivity index is 1.30. The normalized spacial score (nSPS) is 18.1. The summed E-state index contributed by atoms with van der Waals surface area (Å²) in [6.45, 7) is 4.10. The summed E-state index contributed by atoms with van der Waals surface area (Å²) in [6, 6.07) is 12.3. The van der Waals surface area contributed by atoms with Gasteiger partial charge in [-0.25, -0.2) is 4.98 Å². The largest absolute Gasteiger partial charge is 0.472 e. The molecule has 0 bridgehead atoms. The molecule has 156 valence electrons. The van der Waals surface area contributed by atoms with Gasteiger partial charge in [-0.2, -0.15) is 4.98 Å². The van der Waals surface area contributed by atoms with Crippen molar-refractivity contribution in [3.63, 3.8) is 0 Å². The van der Waals surface area contributed by atoms with Crippen LogP contribution < -0.4 is 9.64 Å². The van der Waals surface area contributed by atoms with Crippen LogP contribution in [0.25, 0.3) is 21.9 Å². The predicted molar refractivity (Wildman–Crippen MR) is 119 cm³/mol. The smallest absolute Gasteiger partial charge is 0.223 e. The van der Waals surface area contributed by atoms with Crippen molar-refractivity contribution >= 4 is 39.0 Å². The number of aromatic nitrogens is 2. The Kier molecular flexibility index (Phi) is 5.39. The minimum absolute atomic E-state index is 0.198. The minimum atomic E-state index is -0.678. The summed E-state index contributed by atoms with van der Waals surface area (Å²) in [6.07, 6.45) is 1.45. The van der Waals surface area contributed by atoms with Gasteiger partial charge in [0.05, 0.1) is 22.9 Å². The van der Waals surface area contributed by atoms with Crippen LogP contribution in [0.3, 0.4) is 0 Å². The fraction of sp³-hybridized carbons (Fsp3) is 0.364. The van der Waals surface area contributed by atoms with Gasteiger partial charge in [0, 0.05) is 43.9 Å². The van der Waals surface area contributed by atoms with E-state index in [1.165, 1.54) is 4.70 Å². The Morgan fingerprint density at radius 1 is 1.07 bits per heavy atom. The van der Waals surface area contributed by atoms with Gasteiger partial charge in [-0.1, -0.05) is 12.1 Å². The molecule has 8 heteroatoms. The third-order valence-electron chi connectivity index (χ3n) is 5.51. The lowest BCUT2D eigenvalue weighted by Crippen LogP contribution is -2.49. The number of hydrogen-bond donors (Lipinski definition) is 2. The van der Waals surface area contributed by atoms with E-state index in [9.17, 15) is 5.11 Å². The lowest BCUT2D eigenvalue weighted by molar-refractivity contribution is 0.0574. The second kappa shape index (κ2) is 8.31. The molecule has 1 atom stereocenters. The molecule has 1 unspecified atom stereocenters. The van der Waals surface area contributed by atoms with Crippen LogP contribution in [0.1, 0.15) is 10.6 Å². The van der Waals surface area contributed by atoms with Gasteiger partial charge >= 0.3 is 0 Å². The van der Waals surface area contributed by atoms with Crippen LogP contribution in [0.4, 0.5) is 5.82 Å². The molecule has 7 nitrogen and oxygen atoms in total. The van der Waals surface area contributed by atoms with E-state index < -0.39 is 6.10 Å². The molecule has 1 saturated heterocycles. The van der Waals surface area contributed by atoms with Crippen molar-refractivity contribution in [2.75, 3.05) is 50.8 Å². The van der Waals surface area contributed by atoms with Crippen molar-refractivity contribution in [3.05, 3.63) is 47.0 Å². The number of piperazine rings is 1. The van der Waals surface area contributed by atoms with Crippen molar-refractivity contribution in [1.29, 1.82) is 0 Å². The maximum Gasteiger partial charge on any atom is 0.223 e. The molecule has 0 saturated carbocycles.